The van der Waals surface area contributed by atoms with Crippen LogP contribution in [0, 0.1) is 5.82 Å². The Bertz CT molecular complexity index is 394. The van der Waals surface area contributed by atoms with Gasteiger partial charge >= 0.3 is 0 Å². The van der Waals surface area contributed by atoms with Gasteiger partial charge < -0.3 is 20.5 Å². The van der Waals surface area contributed by atoms with Gasteiger partial charge in [0.2, 0.25) is 0 Å². The molecule has 120 valence electrons. The third-order valence-corrected chi connectivity index (χ3v) is 3.48. The van der Waals surface area contributed by atoms with Gasteiger partial charge in [-0.05, 0) is 63.0 Å². The molecular weight excluding hydrogens is 271 g/mol. The van der Waals surface area contributed by atoms with Gasteiger partial charge in [0, 0.05) is 6.54 Å². The molecule has 0 aliphatic carbocycles. The molecule has 0 aromatic heterocycles. The highest BCUT2D eigenvalue weighted by atomic mass is 19.1. The average Bonchev–Trinajstić information content (AvgIpc) is 3.02. The summed E-state index contributed by atoms with van der Waals surface area (Å²) in [7, 11) is 1.51. The Morgan fingerprint density at radius 3 is 2.57 bits per heavy atom. The number of rotatable bonds is 6. The minimum absolute atomic E-state index is 0.0972. The number of aliphatic hydroxyl groups is 1. The molecule has 0 unspecified atom stereocenters. The molecule has 0 amide bonds. The maximum absolute atomic E-state index is 13.2. The molecule has 0 atom stereocenters. The Kier molecular flexibility index (Phi) is 8.98. The molecule has 1 aromatic carbocycles. The summed E-state index contributed by atoms with van der Waals surface area (Å²) in [6.45, 7) is 4.11. The third kappa shape index (κ3) is 6.89. The van der Waals surface area contributed by atoms with E-state index in [9.17, 15) is 4.39 Å². The second-order valence-electron chi connectivity index (χ2n) is 5.13. The fourth-order valence-corrected chi connectivity index (χ4v) is 2.37. The minimum Gasteiger partial charge on any atom is -0.494 e. The maximum atomic E-state index is 13.2. The summed E-state index contributed by atoms with van der Waals surface area (Å²) in [5.41, 5.74) is 5.93. The van der Waals surface area contributed by atoms with Crippen molar-refractivity contribution >= 4 is 0 Å². The quantitative estimate of drug-likeness (QED) is 0.841. The zero-order valence-electron chi connectivity index (χ0n) is 12.9. The van der Waals surface area contributed by atoms with E-state index in [1.807, 2.05) is 6.07 Å². The maximum Gasteiger partial charge on any atom is 0.165 e. The number of hydrogen-bond acceptors (Lipinski definition) is 4. The highest BCUT2D eigenvalue weighted by Gasteiger charge is 2.10. The van der Waals surface area contributed by atoms with E-state index in [1.165, 1.54) is 39.1 Å². The number of halogens is 1. The Balaban J connectivity index is 0.000000491. The highest BCUT2D eigenvalue weighted by molar-refractivity contribution is 5.30. The molecule has 3 N–H and O–H groups in total. The van der Waals surface area contributed by atoms with Gasteiger partial charge in [0.05, 0.1) is 13.7 Å². The summed E-state index contributed by atoms with van der Waals surface area (Å²) in [6, 6.07) is 5.14. The molecule has 21 heavy (non-hydrogen) atoms. The first kappa shape index (κ1) is 17.9. The molecule has 5 heteroatoms. The first-order chi connectivity index (χ1) is 10.2. The summed E-state index contributed by atoms with van der Waals surface area (Å²) >= 11 is 0. The molecule has 1 aromatic rings. The molecule has 0 radical (unpaired) electrons. The van der Waals surface area contributed by atoms with E-state index < -0.39 is 0 Å². The number of ether oxygens (including phenoxy) is 1. The lowest BCUT2D eigenvalue weighted by Crippen LogP contribution is -2.20. The number of hydrogen-bond donors (Lipinski definition) is 2. The Hall–Kier alpha value is -1.17. The van der Waals surface area contributed by atoms with Crippen LogP contribution in [0.5, 0.6) is 5.75 Å². The number of nitrogens with zero attached hydrogens (tertiary/aromatic N) is 1. The fraction of sp³-hybridized carbons (Fsp3) is 0.625. The SMILES string of the molecule is COc1cc(CCCN2CCCC2)ccc1F.NCCO. The van der Waals surface area contributed by atoms with E-state index in [4.69, 9.17) is 15.6 Å². The molecule has 0 bridgehead atoms. The Morgan fingerprint density at radius 2 is 2.00 bits per heavy atom. The van der Waals surface area contributed by atoms with Gasteiger partial charge in [0.25, 0.3) is 0 Å². The van der Waals surface area contributed by atoms with Crippen molar-refractivity contribution < 1.29 is 14.2 Å². The van der Waals surface area contributed by atoms with Gasteiger partial charge in [0.1, 0.15) is 0 Å². The molecule has 1 aliphatic heterocycles. The van der Waals surface area contributed by atoms with Gasteiger partial charge in [-0.3, -0.25) is 0 Å². The highest BCUT2D eigenvalue weighted by Crippen LogP contribution is 2.19. The van der Waals surface area contributed by atoms with Crippen molar-refractivity contribution in [2.75, 3.05) is 39.9 Å². The van der Waals surface area contributed by atoms with Gasteiger partial charge in [-0.1, -0.05) is 6.07 Å². The number of likely N-dealkylation sites (tertiary alicyclic amines) is 1. The fourth-order valence-electron chi connectivity index (χ4n) is 2.37. The first-order valence-electron chi connectivity index (χ1n) is 7.57. The van der Waals surface area contributed by atoms with Crippen molar-refractivity contribution in [3.63, 3.8) is 0 Å². The van der Waals surface area contributed by atoms with Crippen LogP contribution >= 0.6 is 0 Å². The molecule has 0 saturated carbocycles. The molecular formula is C16H27FN2O2. The number of nitrogens with two attached hydrogens (primary N) is 1. The van der Waals surface area contributed by atoms with E-state index in [0.717, 1.165) is 24.9 Å². The van der Waals surface area contributed by atoms with Crippen LogP contribution in [-0.4, -0.2) is 49.9 Å². The van der Waals surface area contributed by atoms with Crippen molar-refractivity contribution in [2.45, 2.75) is 25.7 Å². The van der Waals surface area contributed by atoms with Crippen LogP contribution < -0.4 is 10.5 Å². The van der Waals surface area contributed by atoms with Crippen LogP contribution in [0.3, 0.4) is 0 Å². The van der Waals surface area contributed by atoms with Crippen molar-refractivity contribution in [1.29, 1.82) is 0 Å². The minimum atomic E-state index is -0.282. The summed E-state index contributed by atoms with van der Waals surface area (Å²) in [5, 5.41) is 7.75. The zero-order chi connectivity index (χ0) is 15.5. The van der Waals surface area contributed by atoms with Crippen molar-refractivity contribution in [3.05, 3.63) is 29.6 Å². The summed E-state index contributed by atoms with van der Waals surface area (Å²) in [4.78, 5) is 2.50. The molecule has 0 spiro atoms. The molecule has 1 saturated heterocycles. The molecule has 2 rings (SSSR count). The van der Waals surface area contributed by atoms with Crippen LogP contribution in [0.25, 0.3) is 0 Å². The molecule has 1 aliphatic rings. The van der Waals surface area contributed by atoms with Crippen LogP contribution in [-0.2, 0) is 6.42 Å². The lowest BCUT2D eigenvalue weighted by molar-refractivity contribution is 0.306. The Morgan fingerprint density at radius 1 is 1.33 bits per heavy atom. The normalized spacial score (nSPS) is 14.7. The molecule has 4 nitrogen and oxygen atoms in total. The van der Waals surface area contributed by atoms with E-state index in [2.05, 4.69) is 4.90 Å². The average molecular weight is 298 g/mol. The van der Waals surface area contributed by atoms with Crippen molar-refractivity contribution in [3.8, 4) is 5.75 Å². The summed E-state index contributed by atoms with van der Waals surface area (Å²) < 4.78 is 18.2. The zero-order valence-corrected chi connectivity index (χ0v) is 12.9. The van der Waals surface area contributed by atoms with E-state index in [0.29, 0.717) is 12.3 Å². The summed E-state index contributed by atoms with van der Waals surface area (Å²) in [6.07, 6.45) is 4.80. The third-order valence-electron chi connectivity index (χ3n) is 3.48. The van der Waals surface area contributed by atoms with Crippen LogP contribution in [0.15, 0.2) is 18.2 Å². The summed E-state index contributed by atoms with van der Waals surface area (Å²) in [5.74, 6) is 0.0689. The van der Waals surface area contributed by atoms with Gasteiger partial charge in [-0.15, -0.1) is 0 Å². The second kappa shape index (κ2) is 10.5. The Labute approximate surface area is 126 Å². The predicted octanol–water partition coefficient (Wildman–Crippen LogP) is 1.80. The van der Waals surface area contributed by atoms with Gasteiger partial charge in [-0.25, -0.2) is 4.39 Å². The van der Waals surface area contributed by atoms with E-state index >= 15 is 0 Å². The number of aliphatic hydroxyl groups excluding tert-OH is 1. The molecule has 1 heterocycles. The first-order valence-corrected chi connectivity index (χ1v) is 7.57. The van der Waals surface area contributed by atoms with Gasteiger partial charge in [-0.2, -0.15) is 0 Å². The largest absolute Gasteiger partial charge is 0.494 e. The lowest BCUT2D eigenvalue weighted by atomic mass is 10.1. The van der Waals surface area contributed by atoms with Gasteiger partial charge in [0.15, 0.2) is 11.6 Å². The molecule has 1 fully saturated rings. The monoisotopic (exact) mass is 298 g/mol. The van der Waals surface area contributed by atoms with Crippen molar-refractivity contribution in [1.82, 2.24) is 4.90 Å². The van der Waals surface area contributed by atoms with Crippen LogP contribution in [0.1, 0.15) is 24.8 Å². The van der Waals surface area contributed by atoms with Crippen molar-refractivity contribution in [2.24, 2.45) is 5.73 Å². The van der Waals surface area contributed by atoms with Crippen LogP contribution in [0.2, 0.25) is 0 Å². The van der Waals surface area contributed by atoms with E-state index in [-0.39, 0.29) is 12.4 Å². The standard InChI is InChI=1S/C14H20FNO.C2H7NO/c1-17-14-11-12(6-7-13(14)15)5-4-10-16-8-2-3-9-16;3-1-2-4/h6-7,11H,2-5,8-10H2,1H3;4H,1-3H2. The smallest absolute Gasteiger partial charge is 0.165 e. The van der Waals surface area contributed by atoms with E-state index in [1.54, 1.807) is 6.07 Å². The second-order valence-corrected chi connectivity index (χ2v) is 5.13. The number of benzene rings is 1. The number of aryl methyl sites for hydroxylation is 1. The number of methoxy groups -OCH3 is 1. The lowest BCUT2D eigenvalue weighted by Gasteiger charge is -2.14. The van der Waals surface area contributed by atoms with Crippen LogP contribution in [0.4, 0.5) is 4.39 Å². The topological polar surface area (TPSA) is 58.7 Å². The predicted molar refractivity (Wildman–Crippen MR) is 83.1 cm³/mol.